The first kappa shape index (κ1) is 31.1. The van der Waals surface area contributed by atoms with Gasteiger partial charge in [0.15, 0.2) is 0 Å². The lowest BCUT2D eigenvalue weighted by Crippen LogP contribution is -2.41. The highest BCUT2D eigenvalue weighted by molar-refractivity contribution is 8.00. The normalized spacial score (nSPS) is 19.1. The predicted molar refractivity (Wildman–Crippen MR) is 137 cm³/mol. The number of halogens is 6. The Bertz CT molecular complexity index is 1450. The number of quaternary nitrogens is 1. The van der Waals surface area contributed by atoms with Crippen LogP contribution in [0.25, 0.3) is 11.6 Å². The van der Waals surface area contributed by atoms with E-state index in [-0.39, 0.29) is 22.8 Å². The number of alkyl halides is 6. The predicted octanol–water partition coefficient (Wildman–Crippen LogP) is 6.00. The van der Waals surface area contributed by atoms with Crippen LogP contribution in [0.3, 0.4) is 0 Å². The fraction of sp³-hybridized carbons (Fsp3) is 0.480. The summed E-state index contributed by atoms with van der Waals surface area (Å²) in [6.07, 6.45) is 8.47. The van der Waals surface area contributed by atoms with Crippen LogP contribution >= 0.6 is 0 Å². The maximum absolute atomic E-state index is 13.0. The van der Waals surface area contributed by atoms with E-state index in [1.54, 1.807) is 0 Å². The highest BCUT2D eigenvalue weighted by Gasteiger charge is 2.57. The second kappa shape index (κ2) is 10.8. The van der Waals surface area contributed by atoms with Gasteiger partial charge in [-0.2, -0.15) is 26.3 Å². The Hall–Kier alpha value is -2.45. The van der Waals surface area contributed by atoms with Crippen molar-refractivity contribution in [1.29, 1.82) is 5.41 Å². The molecule has 1 N–H and O–H groups in total. The molecule has 2 aliphatic carbocycles. The van der Waals surface area contributed by atoms with E-state index < -0.39 is 51.8 Å². The van der Waals surface area contributed by atoms with E-state index in [1.807, 2.05) is 0 Å². The van der Waals surface area contributed by atoms with Crippen molar-refractivity contribution in [3.05, 3.63) is 56.9 Å². The van der Waals surface area contributed by atoms with Crippen LogP contribution in [0.4, 0.5) is 26.3 Å². The van der Waals surface area contributed by atoms with Gasteiger partial charge in [-0.25, -0.2) is 16.8 Å². The smallest absolute Gasteiger partial charge is 0.326 e. The quantitative estimate of drug-likeness (QED) is 0.247. The molecule has 1 fully saturated rings. The lowest BCUT2D eigenvalue weighted by atomic mass is 9.95. The van der Waals surface area contributed by atoms with Crippen LogP contribution in [0.5, 0.6) is 0 Å². The molecule has 0 unspecified atom stereocenters. The number of rotatable bonds is 6. The lowest BCUT2D eigenvalue weighted by Gasteiger charge is -2.28. The molecule has 0 amide bonds. The highest BCUT2D eigenvalue weighted by Crippen LogP contribution is 2.47. The zero-order chi connectivity index (χ0) is 29.4. The minimum atomic E-state index is -6.58. The number of unbranched alkanes of at least 4 members (excludes halogenated alkanes) is 2. The van der Waals surface area contributed by atoms with Gasteiger partial charge in [0.05, 0.1) is 37.3 Å². The Morgan fingerprint density at radius 3 is 1.95 bits per heavy atom. The van der Waals surface area contributed by atoms with E-state index in [9.17, 15) is 43.2 Å². The van der Waals surface area contributed by atoms with Crippen molar-refractivity contribution in [3.63, 3.8) is 0 Å². The summed E-state index contributed by atoms with van der Waals surface area (Å²) in [6, 6.07) is 5.69. The van der Waals surface area contributed by atoms with E-state index in [2.05, 4.69) is 14.0 Å². The Balaban J connectivity index is 0.000000320. The third-order valence-corrected chi connectivity index (χ3v) is 10.2. The molecule has 14 heteroatoms. The largest absolute Gasteiger partial charge is 0.502 e. The van der Waals surface area contributed by atoms with Crippen molar-refractivity contribution in [2.45, 2.75) is 50.0 Å². The van der Waals surface area contributed by atoms with Crippen molar-refractivity contribution in [2.24, 2.45) is 0 Å². The molecule has 1 aliphatic heterocycles. The van der Waals surface area contributed by atoms with Crippen LogP contribution in [-0.2, 0) is 19.7 Å². The molecule has 1 aromatic rings. The summed E-state index contributed by atoms with van der Waals surface area (Å²) in [4.78, 5) is -4.38. The van der Waals surface area contributed by atoms with Gasteiger partial charge in [-0.3, -0.25) is 5.41 Å². The molecule has 4 rings (SSSR count). The number of likely N-dealkylation sites (tertiary alicyclic amines) is 1. The van der Waals surface area contributed by atoms with Gasteiger partial charge >= 0.3 is 11.0 Å². The van der Waals surface area contributed by atoms with Gasteiger partial charge in [0.25, 0.3) is 19.7 Å². The van der Waals surface area contributed by atoms with Gasteiger partial charge in [0.1, 0.15) is 4.91 Å². The first-order valence-electron chi connectivity index (χ1n) is 12.2. The number of benzene rings is 1. The molecular weight excluding hydrogens is 570 g/mol. The first-order valence-corrected chi connectivity index (χ1v) is 15.2. The Morgan fingerprint density at radius 1 is 0.846 bits per heavy atom. The molecule has 0 saturated carbocycles. The molecule has 3 aliphatic rings. The number of fused-ring (bicyclic) bond motifs is 3. The Labute approximate surface area is 223 Å². The molecule has 0 bridgehead atoms. The number of allylic oxidation sites excluding steroid dienone is 4. The minimum Gasteiger partial charge on any atom is -0.326 e. The van der Waals surface area contributed by atoms with Crippen LogP contribution in [-0.4, -0.2) is 64.7 Å². The standard InChI is InChI=1S/C15H7F6NO4S2.C10H22N/c16-14(17,18)27(23,24)11-6-9-8-4-2-1-3-7(8)5-10(9)12(22)13(11)28(25,26)15(19,20)21;1-3-4-5-8-11(2)9-6-7-10-11/h1-6,22H;3-10H2,1-2H3/q;+1. The SMILES string of the molecule is CCCCC[N+]1(C)CCCC1.N=C1C2=Cc3ccccc3C2=CC(S(=O)(=O)C(F)(F)F)=C1S(=O)(=O)C(F)(F)F. The summed E-state index contributed by atoms with van der Waals surface area (Å²) in [5, 5.41) is 7.82. The summed E-state index contributed by atoms with van der Waals surface area (Å²) in [5.74, 6) is 0. The summed E-state index contributed by atoms with van der Waals surface area (Å²) >= 11 is 0. The number of sulfone groups is 2. The zero-order valence-corrected chi connectivity index (χ0v) is 22.9. The molecule has 0 atom stereocenters. The van der Waals surface area contributed by atoms with E-state index in [0.29, 0.717) is 0 Å². The number of hydrogen-bond donors (Lipinski definition) is 1. The summed E-state index contributed by atoms with van der Waals surface area (Å²) in [6.45, 7) is 6.57. The van der Waals surface area contributed by atoms with E-state index in [4.69, 9.17) is 5.41 Å². The molecular formula is C25H29F6N2O4S2+. The summed E-state index contributed by atoms with van der Waals surface area (Å²) in [5.41, 5.74) is -13.9. The minimum absolute atomic E-state index is 0.153. The fourth-order valence-electron chi connectivity index (χ4n) is 4.82. The monoisotopic (exact) mass is 599 g/mol. The maximum atomic E-state index is 13.0. The summed E-state index contributed by atoms with van der Waals surface area (Å²) in [7, 11) is -10.7. The molecule has 0 radical (unpaired) electrons. The summed E-state index contributed by atoms with van der Waals surface area (Å²) < 4.78 is 127. The van der Waals surface area contributed by atoms with Crippen LogP contribution in [0.2, 0.25) is 0 Å². The topological polar surface area (TPSA) is 92.1 Å². The molecule has 39 heavy (non-hydrogen) atoms. The lowest BCUT2D eigenvalue weighted by molar-refractivity contribution is -0.897. The van der Waals surface area contributed by atoms with Crippen molar-refractivity contribution in [1.82, 2.24) is 0 Å². The number of nitrogens with one attached hydrogen (secondary N) is 1. The molecule has 1 heterocycles. The van der Waals surface area contributed by atoms with Crippen molar-refractivity contribution < 1.29 is 47.7 Å². The van der Waals surface area contributed by atoms with Gasteiger partial charge in [-0.15, -0.1) is 0 Å². The van der Waals surface area contributed by atoms with Crippen molar-refractivity contribution in [3.8, 4) is 0 Å². The van der Waals surface area contributed by atoms with Crippen LogP contribution in [0.15, 0.2) is 45.7 Å². The second-order valence-corrected chi connectivity index (χ2v) is 13.7. The fourth-order valence-corrected chi connectivity index (χ4v) is 7.28. The number of hydrogen-bond acceptors (Lipinski definition) is 5. The highest BCUT2D eigenvalue weighted by atomic mass is 32.2. The molecule has 1 saturated heterocycles. The maximum Gasteiger partial charge on any atom is 0.502 e. The zero-order valence-electron chi connectivity index (χ0n) is 21.3. The Kier molecular flexibility index (Phi) is 8.64. The third kappa shape index (κ3) is 6.02. The van der Waals surface area contributed by atoms with E-state index in [1.165, 1.54) is 80.5 Å². The molecule has 6 nitrogen and oxygen atoms in total. The van der Waals surface area contributed by atoms with Crippen LogP contribution in [0, 0.1) is 5.41 Å². The average Bonchev–Trinajstić information content (AvgIpc) is 3.42. The van der Waals surface area contributed by atoms with Gasteiger partial charge in [-0.05, 0) is 41.7 Å². The van der Waals surface area contributed by atoms with Gasteiger partial charge in [0, 0.05) is 18.4 Å². The molecule has 0 spiro atoms. The Morgan fingerprint density at radius 2 is 1.41 bits per heavy atom. The average molecular weight is 600 g/mol. The van der Waals surface area contributed by atoms with Gasteiger partial charge < -0.3 is 4.48 Å². The number of nitrogens with zero attached hydrogens (tertiary/aromatic N) is 1. The van der Waals surface area contributed by atoms with E-state index in [0.717, 1.165) is 6.08 Å². The van der Waals surface area contributed by atoms with Gasteiger partial charge in [-0.1, -0.05) is 37.6 Å². The van der Waals surface area contributed by atoms with Crippen LogP contribution in [0.1, 0.15) is 50.2 Å². The van der Waals surface area contributed by atoms with Gasteiger partial charge in [0.2, 0.25) is 0 Å². The molecule has 1 aromatic carbocycles. The third-order valence-electron chi connectivity index (χ3n) is 6.95. The molecule has 216 valence electrons. The molecule has 0 aromatic heterocycles. The first-order chi connectivity index (χ1) is 17.9. The van der Waals surface area contributed by atoms with Crippen molar-refractivity contribution in [2.75, 3.05) is 26.7 Å². The second-order valence-electron chi connectivity index (χ2n) is 9.87. The van der Waals surface area contributed by atoms with E-state index >= 15 is 0 Å². The van der Waals surface area contributed by atoms with Crippen LogP contribution < -0.4 is 0 Å². The van der Waals surface area contributed by atoms with Crippen molar-refractivity contribution >= 4 is 37.0 Å².